The average molecular weight is 296 g/mol. The van der Waals surface area contributed by atoms with E-state index in [1.165, 1.54) is 18.2 Å². The first kappa shape index (κ1) is 15.2. The Labute approximate surface area is 120 Å². The molecule has 2 atom stereocenters. The van der Waals surface area contributed by atoms with Gasteiger partial charge in [-0.2, -0.15) is 0 Å². The Morgan fingerprint density at radius 1 is 1.52 bits per heavy atom. The van der Waals surface area contributed by atoms with E-state index in [0.29, 0.717) is 6.54 Å². The van der Waals surface area contributed by atoms with E-state index in [9.17, 15) is 25.1 Å². The molecule has 0 spiro atoms. The number of carboxylic acid groups (broad SMARTS) is 1. The van der Waals surface area contributed by atoms with Crippen LogP contribution in [0.2, 0.25) is 0 Å². The molecule has 0 radical (unpaired) electrons. The first-order chi connectivity index (χ1) is 9.93. The number of aromatic carboxylic acids is 1. The fraction of sp³-hybridized carbons (Fsp3) is 0.462. The van der Waals surface area contributed by atoms with Crippen LogP contribution in [0.15, 0.2) is 18.2 Å². The van der Waals surface area contributed by atoms with Gasteiger partial charge in [0.2, 0.25) is 0 Å². The van der Waals surface area contributed by atoms with Gasteiger partial charge in [0.1, 0.15) is 5.69 Å². The zero-order valence-electron chi connectivity index (χ0n) is 11.4. The summed E-state index contributed by atoms with van der Waals surface area (Å²) >= 11 is 0. The van der Waals surface area contributed by atoms with Crippen LogP contribution < -0.4 is 4.90 Å². The van der Waals surface area contributed by atoms with Gasteiger partial charge in [-0.25, -0.2) is 4.79 Å². The molecule has 0 amide bonds. The van der Waals surface area contributed by atoms with Crippen molar-refractivity contribution in [2.24, 2.45) is 0 Å². The number of morpholine rings is 1. The molecule has 0 aromatic heterocycles. The van der Waals surface area contributed by atoms with Crippen molar-refractivity contribution in [3.05, 3.63) is 33.9 Å². The standard InChI is InChI=1S/C13H16N2O6/c1-8-5-14(6-9(7-16)21-8)12-10(13(17)18)3-2-4-11(12)15(19)20/h2-4,8-9,16H,5-7H2,1H3,(H,17,18). The van der Waals surface area contributed by atoms with Gasteiger partial charge in [0.25, 0.3) is 5.69 Å². The molecule has 0 saturated carbocycles. The minimum Gasteiger partial charge on any atom is -0.478 e. The van der Waals surface area contributed by atoms with Crippen molar-refractivity contribution in [2.75, 3.05) is 24.6 Å². The van der Waals surface area contributed by atoms with Gasteiger partial charge in [0, 0.05) is 19.2 Å². The van der Waals surface area contributed by atoms with Gasteiger partial charge in [-0.3, -0.25) is 10.1 Å². The molecule has 1 aromatic rings. The number of rotatable bonds is 4. The number of hydrogen-bond acceptors (Lipinski definition) is 6. The first-order valence-corrected chi connectivity index (χ1v) is 6.46. The predicted molar refractivity (Wildman–Crippen MR) is 73.7 cm³/mol. The highest BCUT2D eigenvalue weighted by atomic mass is 16.6. The molecule has 1 aliphatic rings. The van der Waals surface area contributed by atoms with Crippen molar-refractivity contribution in [2.45, 2.75) is 19.1 Å². The van der Waals surface area contributed by atoms with E-state index in [1.807, 2.05) is 0 Å². The normalized spacial score (nSPS) is 22.1. The number of anilines is 1. The topological polar surface area (TPSA) is 113 Å². The third-order valence-corrected chi connectivity index (χ3v) is 3.29. The highest BCUT2D eigenvalue weighted by molar-refractivity contribution is 5.97. The Balaban J connectivity index is 2.49. The van der Waals surface area contributed by atoms with Crippen LogP contribution >= 0.6 is 0 Å². The number of para-hydroxylation sites is 1. The van der Waals surface area contributed by atoms with Crippen molar-refractivity contribution >= 4 is 17.3 Å². The van der Waals surface area contributed by atoms with E-state index in [0.717, 1.165) is 0 Å². The first-order valence-electron chi connectivity index (χ1n) is 6.46. The van der Waals surface area contributed by atoms with E-state index in [1.54, 1.807) is 11.8 Å². The lowest BCUT2D eigenvalue weighted by molar-refractivity contribution is -0.384. The summed E-state index contributed by atoms with van der Waals surface area (Å²) in [7, 11) is 0. The molecular formula is C13H16N2O6. The van der Waals surface area contributed by atoms with E-state index in [2.05, 4.69) is 0 Å². The minimum absolute atomic E-state index is 0.0589. The van der Waals surface area contributed by atoms with Crippen LogP contribution in [0.25, 0.3) is 0 Å². The number of aliphatic hydroxyl groups excluding tert-OH is 1. The number of benzene rings is 1. The maximum atomic E-state index is 11.3. The molecule has 1 aliphatic heterocycles. The van der Waals surface area contributed by atoms with Crippen molar-refractivity contribution in [3.63, 3.8) is 0 Å². The largest absolute Gasteiger partial charge is 0.478 e. The maximum absolute atomic E-state index is 11.3. The zero-order chi connectivity index (χ0) is 15.6. The monoisotopic (exact) mass is 296 g/mol. The summed E-state index contributed by atoms with van der Waals surface area (Å²) in [4.78, 5) is 23.5. The SMILES string of the molecule is CC1CN(c2c(C(=O)O)cccc2[N+](=O)[O-])CC(CO)O1. The molecule has 0 bridgehead atoms. The third-order valence-electron chi connectivity index (χ3n) is 3.29. The second-order valence-corrected chi connectivity index (χ2v) is 4.89. The Morgan fingerprint density at radius 2 is 2.24 bits per heavy atom. The maximum Gasteiger partial charge on any atom is 0.338 e. The Morgan fingerprint density at radius 3 is 2.81 bits per heavy atom. The lowest BCUT2D eigenvalue weighted by Gasteiger charge is -2.37. The summed E-state index contributed by atoms with van der Waals surface area (Å²) in [5, 5.41) is 29.7. The number of nitrogens with zero attached hydrogens (tertiary/aromatic N) is 2. The summed E-state index contributed by atoms with van der Waals surface area (Å²) in [6.07, 6.45) is -0.771. The van der Waals surface area contributed by atoms with Gasteiger partial charge in [-0.1, -0.05) is 6.07 Å². The molecule has 2 rings (SSSR count). The number of carboxylic acids is 1. The molecule has 114 valence electrons. The fourth-order valence-electron chi connectivity index (χ4n) is 2.51. The number of nitro benzene ring substituents is 1. The van der Waals surface area contributed by atoms with Crippen LogP contribution in [-0.4, -0.2) is 53.0 Å². The van der Waals surface area contributed by atoms with Gasteiger partial charge >= 0.3 is 5.97 Å². The molecular weight excluding hydrogens is 280 g/mol. The van der Waals surface area contributed by atoms with Gasteiger partial charge in [0.15, 0.2) is 0 Å². The van der Waals surface area contributed by atoms with Crippen molar-refractivity contribution < 1.29 is 24.7 Å². The molecule has 21 heavy (non-hydrogen) atoms. The number of aliphatic hydroxyl groups is 1. The van der Waals surface area contributed by atoms with E-state index in [4.69, 9.17) is 4.74 Å². The fourth-order valence-corrected chi connectivity index (χ4v) is 2.51. The Bertz CT molecular complexity index is 529. The summed E-state index contributed by atoms with van der Waals surface area (Å²) in [6.45, 7) is 2.06. The summed E-state index contributed by atoms with van der Waals surface area (Å²) in [6, 6.07) is 3.95. The molecule has 2 N–H and O–H groups in total. The van der Waals surface area contributed by atoms with Gasteiger partial charge < -0.3 is 19.8 Å². The van der Waals surface area contributed by atoms with Crippen LogP contribution in [0, 0.1) is 10.1 Å². The molecule has 1 saturated heterocycles. The van der Waals surface area contributed by atoms with Crippen LogP contribution in [0.3, 0.4) is 0 Å². The smallest absolute Gasteiger partial charge is 0.338 e. The lowest BCUT2D eigenvalue weighted by atomic mass is 10.1. The summed E-state index contributed by atoms with van der Waals surface area (Å²) < 4.78 is 5.48. The molecule has 8 nitrogen and oxygen atoms in total. The number of nitro groups is 1. The van der Waals surface area contributed by atoms with Crippen LogP contribution in [0.4, 0.5) is 11.4 Å². The van der Waals surface area contributed by atoms with Crippen molar-refractivity contribution in [3.8, 4) is 0 Å². The van der Waals surface area contributed by atoms with Crippen molar-refractivity contribution in [1.29, 1.82) is 0 Å². The Hall–Kier alpha value is -2.19. The quantitative estimate of drug-likeness (QED) is 0.626. The van der Waals surface area contributed by atoms with Gasteiger partial charge in [-0.15, -0.1) is 0 Å². The average Bonchev–Trinajstić information content (AvgIpc) is 2.45. The van der Waals surface area contributed by atoms with Gasteiger partial charge in [0.05, 0.1) is 29.3 Å². The van der Waals surface area contributed by atoms with E-state index >= 15 is 0 Å². The third kappa shape index (κ3) is 3.11. The molecule has 1 heterocycles. The molecule has 2 unspecified atom stereocenters. The van der Waals surface area contributed by atoms with E-state index in [-0.39, 0.29) is 36.2 Å². The summed E-state index contributed by atoms with van der Waals surface area (Å²) in [5.41, 5.74) is -0.334. The second-order valence-electron chi connectivity index (χ2n) is 4.89. The van der Waals surface area contributed by atoms with E-state index < -0.39 is 17.0 Å². The Kier molecular flexibility index (Phi) is 4.39. The minimum atomic E-state index is -1.23. The number of ether oxygens (including phenoxy) is 1. The number of carbonyl (C=O) groups is 1. The van der Waals surface area contributed by atoms with Crippen LogP contribution in [-0.2, 0) is 4.74 Å². The van der Waals surface area contributed by atoms with Crippen molar-refractivity contribution in [1.82, 2.24) is 0 Å². The van der Waals surface area contributed by atoms with Gasteiger partial charge in [-0.05, 0) is 13.0 Å². The lowest BCUT2D eigenvalue weighted by Crippen LogP contribution is -2.48. The highest BCUT2D eigenvalue weighted by Crippen LogP contribution is 2.34. The highest BCUT2D eigenvalue weighted by Gasteiger charge is 2.32. The van der Waals surface area contributed by atoms with Crippen LogP contribution in [0.1, 0.15) is 17.3 Å². The predicted octanol–water partition coefficient (Wildman–Crippen LogP) is 0.879. The molecule has 8 heteroatoms. The summed E-state index contributed by atoms with van der Waals surface area (Å²) in [5.74, 6) is -1.23. The molecule has 1 aromatic carbocycles. The molecule has 1 fully saturated rings. The number of hydrogen-bond donors (Lipinski definition) is 2. The second kappa shape index (κ2) is 6.06. The molecule has 0 aliphatic carbocycles. The zero-order valence-corrected chi connectivity index (χ0v) is 11.4. The van der Waals surface area contributed by atoms with Crippen LogP contribution in [0.5, 0.6) is 0 Å².